The Balaban J connectivity index is 1.50. The first-order chi connectivity index (χ1) is 22.5. The third kappa shape index (κ3) is 4.64. The van der Waals surface area contributed by atoms with Gasteiger partial charge in [0.25, 0.3) is 0 Å². The van der Waals surface area contributed by atoms with Gasteiger partial charge in [-0.25, -0.2) is 9.59 Å². The first kappa shape index (κ1) is 29.4. The molecule has 6 heteroatoms. The number of hydrogen-bond donors (Lipinski definition) is 0. The van der Waals surface area contributed by atoms with Crippen LogP contribution >= 0.6 is 0 Å². The van der Waals surface area contributed by atoms with Gasteiger partial charge in [-0.3, -0.25) is 0 Å². The molecule has 0 unspecified atom stereocenters. The third-order valence-corrected chi connectivity index (χ3v) is 8.95. The van der Waals surface area contributed by atoms with Crippen LogP contribution in [0.1, 0.15) is 48.4 Å². The van der Waals surface area contributed by atoms with E-state index in [0.717, 1.165) is 67.8 Å². The van der Waals surface area contributed by atoms with Crippen LogP contribution in [0.4, 0.5) is 0 Å². The Bertz CT molecular complexity index is 2140. The summed E-state index contributed by atoms with van der Waals surface area (Å²) in [5, 5.41) is 4.45. The molecule has 5 aromatic carbocycles. The molecule has 6 nitrogen and oxygen atoms in total. The van der Waals surface area contributed by atoms with Gasteiger partial charge in [0.15, 0.2) is 0 Å². The summed E-state index contributed by atoms with van der Waals surface area (Å²) in [6, 6.07) is 32.8. The molecule has 0 saturated carbocycles. The van der Waals surface area contributed by atoms with Crippen molar-refractivity contribution in [2.24, 2.45) is 0 Å². The molecule has 0 saturated heterocycles. The molecular weight excluding hydrogens is 572 g/mol. The van der Waals surface area contributed by atoms with E-state index >= 15 is 0 Å². The van der Waals surface area contributed by atoms with Crippen molar-refractivity contribution in [3.05, 3.63) is 108 Å². The summed E-state index contributed by atoms with van der Waals surface area (Å²) in [7, 11) is 0. The molecule has 0 N–H and O–H groups in total. The number of ether oxygens (including phenoxy) is 2. The van der Waals surface area contributed by atoms with E-state index in [0.29, 0.717) is 22.3 Å². The number of para-hydroxylation sites is 2. The summed E-state index contributed by atoms with van der Waals surface area (Å²) in [4.78, 5) is 27.3. The molecule has 0 atom stereocenters. The van der Waals surface area contributed by atoms with Crippen molar-refractivity contribution in [3.63, 3.8) is 0 Å². The predicted octanol–water partition coefficient (Wildman–Crippen LogP) is 9.63. The van der Waals surface area contributed by atoms with Crippen LogP contribution in [-0.2, 0) is 22.6 Å². The number of rotatable bonds is 8. The summed E-state index contributed by atoms with van der Waals surface area (Å²) < 4.78 is 15.8. The zero-order valence-electron chi connectivity index (χ0n) is 26.6. The molecule has 7 rings (SSSR count). The summed E-state index contributed by atoms with van der Waals surface area (Å²) in [5.74, 6) is -0.872. The van der Waals surface area contributed by atoms with Crippen molar-refractivity contribution in [2.75, 3.05) is 13.2 Å². The molecule has 0 aliphatic carbocycles. The van der Waals surface area contributed by atoms with Crippen molar-refractivity contribution in [2.45, 2.75) is 40.8 Å². The van der Waals surface area contributed by atoms with Gasteiger partial charge in [0.2, 0.25) is 0 Å². The Morgan fingerprint density at radius 3 is 1.28 bits per heavy atom. The predicted molar refractivity (Wildman–Crippen MR) is 187 cm³/mol. The molecule has 7 aromatic rings. The number of aryl methyl sites for hydroxylation is 2. The molecule has 0 aliphatic heterocycles. The van der Waals surface area contributed by atoms with E-state index in [-0.39, 0.29) is 13.2 Å². The molecule has 46 heavy (non-hydrogen) atoms. The van der Waals surface area contributed by atoms with Crippen molar-refractivity contribution in [3.8, 4) is 22.3 Å². The molecule has 2 aromatic heterocycles. The summed E-state index contributed by atoms with van der Waals surface area (Å²) in [6.45, 7) is 10.0. The Hall–Kier alpha value is -5.36. The van der Waals surface area contributed by atoms with Crippen LogP contribution in [-0.4, -0.2) is 34.3 Å². The maximum atomic E-state index is 13.6. The van der Waals surface area contributed by atoms with Gasteiger partial charge in [-0.15, -0.1) is 0 Å². The number of fused-ring (bicyclic) bond motifs is 6. The molecule has 230 valence electrons. The fourth-order valence-corrected chi connectivity index (χ4v) is 6.96. The van der Waals surface area contributed by atoms with E-state index < -0.39 is 11.9 Å². The lowest BCUT2D eigenvalue weighted by molar-refractivity contribution is 0.0513. The Morgan fingerprint density at radius 2 is 0.891 bits per heavy atom. The fraction of sp³-hybridized carbons (Fsp3) is 0.200. The van der Waals surface area contributed by atoms with E-state index in [9.17, 15) is 9.59 Å². The highest BCUT2D eigenvalue weighted by molar-refractivity contribution is 6.12. The average Bonchev–Trinajstić information content (AvgIpc) is 3.59. The standard InChI is InChI=1S/C40H36N2O4/c1-5-41-35-15-11-9-13-27(35)31-21-25(17-19-37(31)41)29-23-34(40(44)46-8-4)30(24-33(29)39(43)45-7-3)26-18-20-38-32(22-26)28-14-10-12-16-36(28)42(38)6-2/h9-24H,5-8H2,1-4H3. The topological polar surface area (TPSA) is 62.5 Å². The lowest BCUT2D eigenvalue weighted by atomic mass is 9.89. The first-order valence-corrected chi connectivity index (χ1v) is 16.0. The lowest BCUT2D eigenvalue weighted by Gasteiger charge is -2.17. The average molecular weight is 609 g/mol. The lowest BCUT2D eigenvalue weighted by Crippen LogP contribution is -2.12. The second-order valence-corrected chi connectivity index (χ2v) is 11.4. The van der Waals surface area contributed by atoms with Crippen LogP contribution in [0.2, 0.25) is 0 Å². The van der Waals surface area contributed by atoms with Crippen molar-refractivity contribution < 1.29 is 19.1 Å². The van der Waals surface area contributed by atoms with E-state index in [2.05, 4.69) is 83.6 Å². The highest BCUT2D eigenvalue weighted by atomic mass is 16.5. The maximum absolute atomic E-state index is 13.6. The Labute approximate surface area is 267 Å². The van der Waals surface area contributed by atoms with Gasteiger partial charge < -0.3 is 18.6 Å². The van der Waals surface area contributed by atoms with Gasteiger partial charge in [-0.2, -0.15) is 0 Å². The molecule has 0 amide bonds. The van der Waals surface area contributed by atoms with Gasteiger partial charge in [-0.05, 0) is 98.5 Å². The Kier molecular flexibility index (Phi) is 7.57. The van der Waals surface area contributed by atoms with Crippen LogP contribution in [0.5, 0.6) is 0 Å². The largest absolute Gasteiger partial charge is 0.462 e. The minimum atomic E-state index is -0.436. The normalized spacial score (nSPS) is 11.6. The highest BCUT2D eigenvalue weighted by Gasteiger charge is 2.24. The third-order valence-electron chi connectivity index (χ3n) is 8.95. The number of aromatic nitrogens is 2. The maximum Gasteiger partial charge on any atom is 0.338 e. The van der Waals surface area contributed by atoms with Crippen molar-refractivity contribution in [1.29, 1.82) is 0 Å². The quantitative estimate of drug-likeness (QED) is 0.161. The second kappa shape index (κ2) is 11.9. The van der Waals surface area contributed by atoms with Crippen LogP contribution in [0, 0.1) is 0 Å². The zero-order valence-corrected chi connectivity index (χ0v) is 26.6. The van der Waals surface area contributed by atoms with Crippen LogP contribution < -0.4 is 0 Å². The highest BCUT2D eigenvalue weighted by Crippen LogP contribution is 2.39. The molecule has 0 radical (unpaired) electrons. The van der Waals surface area contributed by atoms with Crippen LogP contribution in [0.15, 0.2) is 97.1 Å². The van der Waals surface area contributed by atoms with Gasteiger partial charge in [0.05, 0.1) is 24.3 Å². The molecule has 0 spiro atoms. The monoisotopic (exact) mass is 608 g/mol. The minimum absolute atomic E-state index is 0.235. The molecule has 0 bridgehead atoms. The molecule has 0 fully saturated rings. The van der Waals surface area contributed by atoms with Crippen LogP contribution in [0.3, 0.4) is 0 Å². The number of carbonyl (C=O) groups excluding carboxylic acids is 2. The summed E-state index contributed by atoms with van der Waals surface area (Å²) in [5.41, 5.74) is 8.27. The van der Waals surface area contributed by atoms with Gasteiger partial charge in [0, 0.05) is 56.7 Å². The van der Waals surface area contributed by atoms with Gasteiger partial charge in [-0.1, -0.05) is 48.5 Å². The van der Waals surface area contributed by atoms with E-state index in [1.54, 1.807) is 26.0 Å². The fourth-order valence-electron chi connectivity index (χ4n) is 6.96. The molecule has 0 aliphatic rings. The van der Waals surface area contributed by atoms with Crippen molar-refractivity contribution in [1.82, 2.24) is 9.13 Å². The number of nitrogens with zero attached hydrogens (tertiary/aromatic N) is 2. The number of hydrogen-bond acceptors (Lipinski definition) is 4. The molecule has 2 heterocycles. The number of esters is 2. The summed E-state index contributed by atoms with van der Waals surface area (Å²) in [6.07, 6.45) is 0. The molecular formula is C40H36N2O4. The van der Waals surface area contributed by atoms with E-state index in [4.69, 9.17) is 9.47 Å². The zero-order chi connectivity index (χ0) is 31.9. The minimum Gasteiger partial charge on any atom is -0.462 e. The SMILES string of the molecule is CCOC(=O)c1cc(-c2ccc3c(c2)c2ccccc2n3CC)c(C(=O)OCC)cc1-c1ccc2c(c1)c1ccccc1n2CC. The van der Waals surface area contributed by atoms with Crippen molar-refractivity contribution >= 4 is 55.6 Å². The number of benzene rings is 5. The first-order valence-electron chi connectivity index (χ1n) is 16.0. The van der Waals surface area contributed by atoms with Gasteiger partial charge in [0.1, 0.15) is 0 Å². The van der Waals surface area contributed by atoms with E-state index in [1.165, 1.54) is 0 Å². The summed E-state index contributed by atoms with van der Waals surface area (Å²) >= 11 is 0. The van der Waals surface area contributed by atoms with Gasteiger partial charge >= 0.3 is 11.9 Å². The number of carbonyl (C=O) groups is 2. The van der Waals surface area contributed by atoms with Crippen LogP contribution in [0.25, 0.3) is 65.9 Å². The smallest absolute Gasteiger partial charge is 0.338 e. The second-order valence-electron chi connectivity index (χ2n) is 11.4. The van der Waals surface area contributed by atoms with E-state index in [1.807, 2.05) is 24.3 Å². The Morgan fingerprint density at radius 1 is 0.500 bits per heavy atom.